The summed E-state index contributed by atoms with van der Waals surface area (Å²) in [6, 6.07) is 14.5. The Morgan fingerprint density at radius 1 is 1.09 bits per heavy atom. The normalized spacial score (nSPS) is 15.8. The van der Waals surface area contributed by atoms with E-state index in [0.29, 0.717) is 21.9 Å². The number of para-hydroxylation sites is 1. The monoisotopic (exact) mass is 375 g/mol. The minimum atomic E-state index is -0.387. The molecule has 0 saturated heterocycles. The van der Waals surface area contributed by atoms with Crippen LogP contribution in [-0.4, -0.2) is 11.8 Å². The lowest BCUT2D eigenvalue weighted by molar-refractivity contribution is -0.122. The van der Waals surface area contributed by atoms with E-state index in [9.17, 15) is 9.59 Å². The molecule has 2 aromatic rings. The second-order valence-electron chi connectivity index (χ2n) is 4.87. The lowest BCUT2D eigenvalue weighted by atomic mass is 10.0. The fourth-order valence-electron chi connectivity index (χ4n) is 2.48. The van der Waals surface area contributed by atoms with Crippen LogP contribution in [-0.2, 0) is 9.59 Å². The summed E-state index contributed by atoms with van der Waals surface area (Å²) in [6.45, 7) is 1.37. The zero-order chi connectivity index (χ0) is 15.9. The van der Waals surface area contributed by atoms with Crippen molar-refractivity contribution in [3.05, 3.63) is 64.1 Å². The molecule has 0 radical (unpaired) electrons. The van der Waals surface area contributed by atoms with Crippen molar-refractivity contribution in [2.45, 2.75) is 6.92 Å². The third kappa shape index (κ3) is 2.38. The van der Waals surface area contributed by atoms with Gasteiger partial charge in [0.15, 0.2) is 0 Å². The Bertz CT molecular complexity index is 812. The van der Waals surface area contributed by atoms with Crippen LogP contribution < -0.4 is 4.90 Å². The van der Waals surface area contributed by atoms with Gasteiger partial charge in [-0.3, -0.25) is 9.59 Å². The second kappa shape index (κ2) is 5.71. The van der Waals surface area contributed by atoms with Gasteiger partial charge >= 0.3 is 0 Å². The summed E-state index contributed by atoms with van der Waals surface area (Å²) < 4.78 is 0.925. The largest absolute Gasteiger partial charge is 0.274 e. The van der Waals surface area contributed by atoms with Gasteiger partial charge in [-0.2, -0.15) is 0 Å². The summed E-state index contributed by atoms with van der Waals surface area (Å²) in [5, 5.41) is 0.341. The highest BCUT2D eigenvalue weighted by atomic mass is 79.9. The zero-order valence-corrected chi connectivity index (χ0v) is 14.0. The van der Waals surface area contributed by atoms with E-state index in [1.54, 1.807) is 18.2 Å². The molecule has 3 nitrogen and oxygen atoms in total. The molecule has 0 fully saturated rings. The van der Waals surface area contributed by atoms with Crippen LogP contribution in [0.2, 0.25) is 0 Å². The summed E-state index contributed by atoms with van der Waals surface area (Å²) in [6.07, 6.45) is 0. The van der Waals surface area contributed by atoms with Crippen LogP contribution in [0.25, 0.3) is 10.6 Å². The number of rotatable bonds is 1. The third-order valence-electron chi connectivity index (χ3n) is 3.46. The lowest BCUT2D eigenvalue weighted by Crippen LogP contribution is -2.31. The first-order chi connectivity index (χ1) is 10.5. The molecule has 0 aromatic heterocycles. The van der Waals surface area contributed by atoms with Crippen molar-refractivity contribution < 1.29 is 9.59 Å². The van der Waals surface area contributed by atoms with Crippen LogP contribution in [0.4, 0.5) is 5.69 Å². The number of benzene rings is 2. The standard InChI is InChI=1S/C17H11BrClNO2/c1-10(21)20-14-5-3-2-4-13(14)15(17(20)22)16(19)11-6-8-12(18)9-7-11/h2-9H,1H3. The number of fused-ring (bicyclic) bond motifs is 1. The minimum Gasteiger partial charge on any atom is -0.274 e. The van der Waals surface area contributed by atoms with Gasteiger partial charge in [0.25, 0.3) is 5.91 Å². The number of anilines is 1. The van der Waals surface area contributed by atoms with Gasteiger partial charge in [0, 0.05) is 17.0 Å². The van der Waals surface area contributed by atoms with Gasteiger partial charge in [0.2, 0.25) is 5.91 Å². The molecule has 2 aromatic carbocycles. The van der Waals surface area contributed by atoms with Crippen LogP contribution >= 0.6 is 27.5 Å². The summed E-state index contributed by atoms with van der Waals surface area (Å²) in [5.41, 5.74) is 2.34. The van der Waals surface area contributed by atoms with Crippen molar-refractivity contribution in [3.8, 4) is 0 Å². The van der Waals surface area contributed by atoms with E-state index < -0.39 is 0 Å². The molecule has 0 saturated carbocycles. The fraction of sp³-hybridized carbons (Fsp3) is 0.0588. The van der Waals surface area contributed by atoms with Gasteiger partial charge in [0.1, 0.15) is 0 Å². The Hall–Kier alpha value is -1.91. The van der Waals surface area contributed by atoms with Crippen molar-refractivity contribution in [2.75, 3.05) is 4.90 Å². The predicted octanol–water partition coefficient (Wildman–Crippen LogP) is 4.45. The molecule has 0 atom stereocenters. The van der Waals surface area contributed by atoms with Crippen LogP contribution in [0.15, 0.2) is 53.0 Å². The Kier molecular flexibility index (Phi) is 3.89. The molecule has 0 unspecified atom stereocenters. The molecular weight excluding hydrogens is 366 g/mol. The highest BCUT2D eigenvalue weighted by molar-refractivity contribution is 9.10. The smallest absolute Gasteiger partial charge is 0.267 e. The molecule has 0 bridgehead atoms. The first-order valence-electron chi connectivity index (χ1n) is 6.61. The Labute approximate surface area is 141 Å². The van der Waals surface area contributed by atoms with Crippen molar-refractivity contribution in [3.63, 3.8) is 0 Å². The number of hydrogen-bond donors (Lipinski definition) is 0. The maximum Gasteiger partial charge on any atom is 0.267 e. The van der Waals surface area contributed by atoms with E-state index >= 15 is 0 Å². The molecule has 2 amide bonds. The van der Waals surface area contributed by atoms with Crippen molar-refractivity contribution in [1.29, 1.82) is 0 Å². The molecule has 0 spiro atoms. The first-order valence-corrected chi connectivity index (χ1v) is 7.78. The van der Waals surface area contributed by atoms with Crippen LogP contribution in [0, 0.1) is 0 Å². The van der Waals surface area contributed by atoms with Gasteiger partial charge in [-0.15, -0.1) is 0 Å². The van der Waals surface area contributed by atoms with E-state index in [-0.39, 0.29) is 11.8 Å². The topological polar surface area (TPSA) is 37.4 Å². The first kappa shape index (κ1) is 15.0. The Morgan fingerprint density at radius 3 is 2.36 bits per heavy atom. The highest BCUT2D eigenvalue weighted by Crippen LogP contribution is 2.42. The SMILES string of the molecule is CC(=O)N1C(=O)C(=C(Cl)c2ccc(Br)cc2)c2ccccc21. The molecule has 110 valence electrons. The van der Waals surface area contributed by atoms with Gasteiger partial charge in [-0.05, 0) is 23.8 Å². The second-order valence-corrected chi connectivity index (χ2v) is 6.17. The number of nitrogens with zero attached hydrogens (tertiary/aromatic N) is 1. The number of halogens is 2. The number of imide groups is 1. The maximum atomic E-state index is 12.6. The van der Waals surface area contributed by atoms with Crippen molar-refractivity contribution in [2.24, 2.45) is 0 Å². The average molecular weight is 377 g/mol. The molecular formula is C17H11BrClNO2. The molecule has 5 heteroatoms. The van der Waals surface area contributed by atoms with Gasteiger partial charge < -0.3 is 0 Å². The lowest BCUT2D eigenvalue weighted by Gasteiger charge is -2.11. The van der Waals surface area contributed by atoms with Crippen molar-refractivity contribution in [1.82, 2.24) is 0 Å². The van der Waals surface area contributed by atoms with E-state index in [1.807, 2.05) is 30.3 Å². The van der Waals surface area contributed by atoms with E-state index in [0.717, 1.165) is 14.9 Å². The average Bonchev–Trinajstić information content (AvgIpc) is 2.79. The quantitative estimate of drug-likeness (QED) is 0.690. The number of carbonyl (C=O) groups excluding carboxylic acids is 2. The van der Waals surface area contributed by atoms with E-state index in [2.05, 4.69) is 15.9 Å². The predicted molar refractivity (Wildman–Crippen MR) is 91.4 cm³/mol. The molecule has 0 N–H and O–H groups in total. The van der Waals surface area contributed by atoms with E-state index in [1.165, 1.54) is 6.92 Å². The van der Waals surface area contributed by atoms with Crippen LogP contribution in [0.3, 0.4) is 0 Å². The van der Waals surface area contributed by atoms with Crippen LogP contribution in [0.5, 0.6) is 0 Å². The number of amides is 2. The number of carbonyl (C=O) groups is 2. The highest BCUT2D eigenvalue weighted by Gasteiger charge is 2.36. The van der Waals surface area contributed by atoms with E-state index in [4.69, 9.17) is 11.6 Å². The summed E-state index contributed by atoms with van der Waals surface area (Å²) in [7, 11) is 0. The Balaban J connectivity index is 2.22. The molecule has 3 rings (SSSR count). The molecule has 1 aliphatic heterocycles. The van der Waals surface area contributed by atoms with Crippen molar-refractivity contribution >= 4 is 55.6 Å². The summed E-state index contributed by atoms with van der Waals surface area (Å²) in [5.74, 6) is -0.714. The molecule has 1 heterocycles. The Morgan fingerprint density at radius 2 is 1.73 bits per heavy atom. The summed E-state index contributed by atoms with van der Waals surface area (Å²) >= 11 is 9.83. The van der Waals surface area contributed by atoms with Gasteiger partial charge in [0.05, 0.1) is 16.3 Å². The van der Waals surface area contributed by atoms with Crippen LogP contribution in [0.1, 0.15) is 18.1 Å². The molecule has 1 aliphatic rings. The van der Waals surface area contributed by atoms with Gasteiger partial charge in [-0.25, -0.2) is 4.90 Å². The maximum absolute atomic E-state index is 12.6. The molecule has 0 aliphatic carbocycles. The number of hydrogen-bond acceptors (Lipinski definition) is 2. The third-order valence-corrected chi connectivity index (χ3v) is 4.40. The summed E-state index contributed by atoms with van der Waals surface area (Å²) in [4.78, 5) is 25.6. The zero-order valence-electron chi connectivity index (χ0n) is 11.6. The van der Waals surface area contributed by atoms with Gasteiger partial charge in [-0.1, -0.05) is 57.9 Å². The minimum absolute atomic E-state index is 0.326. The molecule has 22 heavy (non-hydrogen) atoms. The fourth-order valence-corrected chi connectivity index (χ4v) is 3.05.